The highest BCUT2D eigenvalue weighted by molar-refractivity contribution is 6.06. The number of Topliss-reactive ketones (excluding diaryl/α,β-unsaturated/α-hetero) is 1. The molecule has 0 saturated carbocycles. The third-order valence-corrected chi connectivity index (χ3v) is 3.94. The van der Waals surface area contributed by atoms with Crippen LogP contribution in [0.15, 0.2) is 42.0 Å². The molecule has 2 aromatic carbocycles. The molecular weight excluding hydrogens is 364 g/mol. The average Bonchev–Trinajstić information content (AvgIpc) is 2.64. The maximum absolute atomic E-state index is 13.8. The van der Waals surface area contributed by atoms with Crippen molar-refractivity contribution in [3.8, 4) is 17.6 Å². The first-order valence-electron chi connectivity index (χ1n) is 8.57. The van der Waals surface area contributed by atoms with Crippen molar-refractivity contribution in [1.29, 1.82) is 5.26 Å². The van der Waals surface area contributed by atoms with Crippen LogP contribution in [0, 0.1) is 28.4 Å². The average molecular weight is 385 g/mol. The van der Waals surface area contributed by atoms with Gasteiger partial charge in [0.25, 0.3) is 0 Å². The first-order chi connectivity index (χ1) is 13.2. The lowest BCUT2D eigenvalue weighted by Gasteiger charge is -2.16. The molecule has 0 radical (unpaired) electrons. The second-order valence-electron chi connectivity index (χ2n) is 7.18. The Morgan fingerprint density at radius 2 is 1.82 bits per heavy atom. The summed E-state index contributed by atoms with van der Waals surface area (Å²) in [6.07, 6.45) is 1.50. The molecule has 0 spiro atoms. The number of carbonyl (C=O) groups excluding carboxylic acids is 1. The zero-order valence-corrected chi connectivity index (χ0v) is 16.2. The second-order valence-corrected chi connectivity index (χ2v) is 7.18. The maximum Gasteiger partial charge on any atom is 0.178 e. The second kappa shape index (κ2) is 8.66. The molecule has 0 aliphatic heterocycles. The highest BCUT2D eigenvalue weighted by Crippen LogP contribution is 2.26. The van der Waals surface area contributed by atoms with Crippen molar-refractivity contribution < 1.29 is 23.0 Å². The van der Waals surface area contributed by atoms with Crippen LogP contribution in [0.2, 0.25) is 0 Å². The molecule has 0 atom stereocenters. The predicted molar refractivity (Wildman–Crippen MR) is 102 cm³/mol. The van der Waals surface area contributed by atoms with Gasteiger partial charge in [0.2, 0.25) is 0 Å². The van der Waals surface area contributed by atoms with Crippen LogP contribution in [-0.4, -0.2) is 12.9 Å². The molecule has 0 aromatic heterocycles. The number of allylic oxidation sites excluding steroid dienone is 1. The summed E-state index contributed by atoms with van der Waals surface area (Å²) in [7, 11) is 1.48. The van der Waals surface area contributed by atoms with Crippen molar-refractivity contribution >= 4 is 11.9 Å². The number of hydrogen-bond donors (Lipinski definition) is 0. The van der Waals surface area contributed by atoms with Gasteiger partial charge in [0.05, 0.1) is 12.7 Å². The number of methoxy groups -OCH3 is 1. The molecule has 0 bridgehead atoms. The molecule has 0 saturated heterocycles. The quantitative estimate of drug-likeness (QED) is 0.514. The molecule has 0 heterocycles. The number of ether oxygens (including phenoxy) is 2. The van der Waals surface area contributed by atoms with E-state index >= 15 is 0 Å². The molecule has 28 heavy (non-hydrogen) atoms. The minimum absolute atomic E-state index is 0.0362. The first kappa shape index (κ1) is 21.1. The molecular formula is C22H21F2NO3. The van der Waals surface area contributed by atoms with E-state index in [4.69, 9.17) is 9.47 Å². The smallest absolute Gasteiger partial charge is 0.178 e. The molecule has 2 aromatic rings. The standard InChI is InChI=1S/C22H21F2NO3/c1-22(2,3)21(26)15(12-25)9-14-5-7-19(27-4)16(10-14)13-28-20-8-6-17(23)11-18(20)24/h5-11H,13H2,1-4H3/b15-9+. The number of carbonyl (C=O) groups is 1. The Labute approximate surface area is 163 Å². The van der Waals surface area contributed by atoms with E-state index in [-0.39, 0.29) is 23.7 Å². The van der Waals surface area contributed by atoms with Crippen LogP contribution in [0.1, 0.15) is 31.9 Å². The van der Waals surface area contributed by atoms with Crippen LogP contribution in [0.25, 0.3) is 6.08 Å². The third-order valence-electron chi connectivity index (χ3n) is 3.94. The van der Waals surface area contributed by atoms with Crippen LogP contribution in [-0.2, 0) is 11.4 Å². The lowest BCUT2D eigenvalue weighted by Crippen LogP contribution is -2.21. The Balaban J connectivity index is 2.32. The molecule has 4 nitrogen and oxygen atoms in total. The summed E-state index contributed by atoms with van der Waals surface area (Å²) in [6, 6.07) is 10.0. The van der Waals surface area contributed by atoms with Gasteiger partial charge in [0.15, 0.2) is 17.3 Å². The van der Waals surface area contributed by atoms with Crippen molar-refractivity contribution in [2.75, 3.05) is 7.11 Å². The van der Waals surface area contributed by atoms with Gasteiger partial charge >= 0.3 is 0 Å². The minimum Gasteiger partial charge on any atom is -0.496 e. The summed E-state index contributed by atoms with van der Waals surface area (Å²) in [5, 5.41) is 9.34. The van der Waals surface area contributed by atoms with Gasteiger partial charge in [0.1, 0.15) is 24.2 Å². The molecule has 0 aliphatic rings. The topological polar surface area (TPSA) is 59.3 Å². The van der Waals surface area contributed by atoms with Crippen LogP contribution >= 0.6 is 0 Å². The van der Waals surface area contributed by atoms with E-state index in [1.807, 2.05) is 6.07 Å². The van der Waals surface area contributed by atoms with E-state index < -0.39 is 17.0 Å². The number of hydrogen-bond acceptors (Lipinski definition) is 4. The summed E-state index contributed by atoms with van der Waals surface area (Å²) in [4.78, 5) is 12.4. The van der Waals surface area contributed by atoms with E-state index in [0.717, 1.165) is 12.1 Å². The number of halogens is 2. The van der Waals surface area contributed by atoms with E-state index in [1.54, 1.807) is 39.0 Å². The summed E-state index contributed by atoms with van der Waals surface area (Å²) in [6.45, 7) is 5.18. The number of benzene rings is 2. The normalized spacial score (nSPS) is 11.7. The SMILES string of the molecule is COc1ccc(/C=C(\C#N)C(=O)C(C)(C)C)cc1COc1ccc(F)cc1F. The Morgan fingerprint density at radius 1 is 1.14 bits per heavy atom. The predicted octanol–water partition coefficient (Wildman–Crippen LogP) is 5.07. The van der Waals surface area contributed by atoms with Gasteiger partial charge in [-0.3, -0.25) is 4.79 Å². The van der Waals surface area contributed by atoms with Gasteiger partial charge in [0, 0.05) is 17.0 Å². The van der Waals surface area contributed by atoms with Crippen LogP contribution in [0.4, 0.5) is 8.78 Å². The molecule has 0 amide bonds. The Kier molecular flexibility index (Phi) is 6.53. The molecule has 0 fully saturated rings. The fraction of sp³-hybridized carbons (Fsp3) is 0.273. The van der Waals surface area contributed by atoms with Gasteiger partial charge in [-0.2, -0.15) is 5.26 Å². The zero-order valence-electron chi connectivity index (χ0n) is 16.2. The van der Waals surface area contributed by atoms with Crippen molar-refractivity contribution in [3.05, 3.63) is 64.7 Å². The van der Waals surface area contributed by atoms with E-state index in [2.05, 4.69) is 0 Å². The van der Waals surface area contributed by atoms with E-state index in [9.17, 15) is 18.8 Å². The highest BCUT2D eigenvalue weighted by Gasteiger charge is 2.25. The third kappa shape index (κ3) is 5.17. The molecule has 0 N–H and O–H groups in total. The summed E-state index contributed by atoms with van der Waals surface area (Å²) < 4.78 is 37.5. The van der Waals surface area contributed by atoms with E-state index in [0.29, 0.717) is 16.9 Å². The molecule has 146 valence electrons. The van der Waals surface area contributed by atoms with Gasteiger partial charge in [-0.1, -0.05) is 26.8 Å². The number of rotatable bonds is 6. The van der Waals surface area contributed by atoms with Crippen molar-refractivity contribution in [2.24, 2.45) is 5.41 Å². The summed E-state index contributed by atoms with van der Waals surface area (Å²) >= 11 is 0. The van der Waals surface area contributed by atoms with Gasteiger partial charge in [-0.25, -0.2) is 8.78 Å². The first-order valence-corrected chi connectivity index (χ1v) is 8.57. The molecule has 2 rings (SSSR count). The van der Waals surface area contributed by atoms with Gasteiger partial charge < -0.3 is 9.47 Å². The maximum atomic E-state index is 13.8. The fourth-order valence-electron chi connectivity index (χ4n) is 2.47. The van der Waals surface area contributed by atoms with Gasteiger partial charge in [-0.05, 0) is 35.9 Å². The Hall–Kier alpha value is -3.20. The summed E-state index contributed by atoms with van der Waals surface area (Å²) in [5.41, 5.74) is 0.544. The lowest BCUT2D eigenvalue weighted by atomic mass is 9.86. The van der Waals surface area contributed by atoms with Crippen LogP contribution < -0.4 is 9.47 Å². The largest absolute Gasteiger partial charge is 0.496 e. The highest BCUT2D eigenvalue weighted by atomic mass is 19.1. The van der Waals surface area contributed by atoms with Gasteiger partial charge in [-0.15, -0.1) is 0 Å². The van der Waals surface area contributed by atoms with Crippen molar-refractivity contribution in [1.82, 2.24) is 0 Å². The fourth-order valence-corrected chi connectivity index (χ4v) is 2.47. The molecule has 6 heteroatoms. The van der Waals surface area contributed by atoms with Crippen LogP contribution in [0.5, 0.6) is 11.5 Å². The lowest BCUT2D eigenvalue weighted by molar-refractivity contribution is -0.121. The van der Waals surface area contributed by atoms with Crippen molar-refractivity contribution in [2.45, 2.75) is 27.4 Å². The van der Waals surface area contributed by atoms with Crippen molar-refractivity contribution in [3.63, 3.8) is 0 Å². The molecule has 0 unspecified atom stereocenters. The monoisotopic (exact) mass is 385 g/mol. The minimum atomic E-state index is -0.808. The zero-order chi connectivity index (χ0) is 20.9. The Bertz CT molecular complexity index is 953. The number of nitriles is 1. The van der Waals surface area contributed by atoms with Crippen LogP contribution in [0.3, 0.4) is 0 Å². The Morgan fingerprint density at radius 3 is 2.39 bits per heavy atom. The number of nitrogens with zero attached hydrogens (tertiary/aromatic N) is 1. The summed E-state index contributed by atoms with van der Waals surface area (Å²) in [5.74, 6) is -1.36. The van der Waals surface area contributed by atoms with E-state index in [1.165, 1.54) is 19.3 Å². The number of ketones is 1. The molecule has 0 aliphatic carbocycles.